The number of amides is 2. The predicted molar refractivity (Wildman–Crippen MR) is 104 cm³/mol. The van der Waals surface area contributed by atoms with Gasteiger partial charge < -0.3 is 10.6 Å². The summed E-state index contributed by atoms with van der Waals surface area (Å²) in [5.74, 6) is 0.0942. The second kappa shape index (κ2) is 8.86. The van der Waals surface area contributed by atoms with Crippen LogP contribution in [0.1, 0.15) is 31.2 Å². The molecule has 0 heterocycles. The summed E-state index contributed by atoms with van der Waals surface area (Å²) in [6, 6.07) is 16.9. The van der Waals surface area contributed by atoms with E-state index in [1.165, 1.54) is 0 Å². The van der Waals surface area contributed by atoms with Crippen molar-refractivity contribution >= 4 is 29.1 Å². The van der Waals surface area contributed by atoms with Crippen LogP contribution in [-0.2, 0) is 16.1 Å². The van der Waals surface area contributed by atoms with E-state index in [2.05, 4.69) is 10.6 Å². The molecule has 1 aliphatic carbocycles. The molecule has 0 atom stereocenters. The molecule has 0 spiro atoms. The summed E-state index contributed by atoms with van der Waals surface area (Å²) < 4.78 is 0. The molecule has 4 nitrogen and oxygen atoms in total. The van der Waals surface area contributed by atoms with E-state index in [4.69, 9.17) is 11.6 Å². The molecule has 0 saturated heterocycles. The van der Waals surface area contributed by atoms with Crippen molar-refractivity contribution < 1.29 is 9.59 Å². The number of hydrogen-bond donors (Lipinski definition) is 2. The van der Waals surface area contributed by atoms with Gasteiger partial charge in [-0.25, -0.2) is 0 Å². The van der Waals surface area contributed by atoms with E-state index in [9.17, 15) is 9.59 Å². The first-order valence-corrected chi connectivity index (χ1v) is 9.37. The molecule has 3 rings (SSSR count). The fourth-order valence-corrected chi connectivity index (χ4v) is 3.45. The highest BCUT2D eigenvalue weighted by Gasteiger charge is 2.29. The van der Waals surface area contributed by atoms with E-state index in [0.717, 1.165) is 36.9 Å². The van der Waals surface area contributed by atoms with Gasteiger partial charge in [0.05, 0.1) is 0 Å². The predicted octanol–water partition coefficient (Wildman–Crippen LogP) is 4.40. The van der Waals surface area contributed by atoms with E-state index in [1.54, 1.807) is 0 Å². The van der Waals surface area contributed by atoms with Crippen LogP contribution in [-0.4, -0.2) is 11.8 Å². The third-order valence-electron chi connectivity index (χ3n) is 4.89. The number of benzene rings is 2. The Morgan fingerprint density at radius 3 is 2.04 bits per heavy atom. The zero-order valence-electron chi connectivity index (χ0n) is 14.6. The number of para-hydroxylation sites is 1. The number of halogens is 1. The van der Waals surface area contributed by atoms with Crippen molar-refractivity contribution in [3.8, 4) is 0 Å². The van der Waals surface area contributed by atoms with Gasteiger partial charge in [-0.1, -0.05) is 41.9 Å². The molecule has 2 aromatic carbocycles. The monoisotopic (exact) mass is 370 g/mol. The maximum absolute atomic E-state index is 12.4. The molecule has 0 unspecified atom stereocenters. The van der Waals surface area contributed by atoms with Crippen LogP contribution in [0.5, 0.6) is 0 Å². The Morgan fingerprint density at radius 1 is 0.846 bits per heavy atom. The molecule has 1 saturated carbocycles. The highest BCUT2D eigenvalue weighted by atomic mass is 35.5. The van der Waals surface area contributed by atoms with Crippen molar-refractivity contribution in [2.24, 2.45) is 11.8 Å². The summed E-state index contributed by atoms with van der Waals surface area (Å²) in [6.07, 6.45) is 2.99. The van der Waals surface area contributed by atoms with Crippen LogP contribution >= 0.6 is 11.6 Å². The lowest BCUT2D eigenvalue weighted by Gasteiger charge is -2.27. The summed E-state index contributed by atoms with van der Waals surface area (Å²) in [5.41, 5.74) is 1.85. The Hall–Kier alpha value is -2.33. The van der Waals surface area contributed by atoms with Gasteiger partial charge in [0, 0.05) is 29.1 Å². The lowest BCUT2D eigenvalue weighted by atomic mass is 9.81. The van der Waals surface area contributed by atoms with E-state index >= 15 is 0 Å². The van der Waals surface area contributed by atoms with Crippen LogP contribution in [0, 0.1) is 11.8 Å². The molecule has 0 bridgehead atoms. The summed E-state index contributed by atoms with van der Waals surface area (Å²) in [6.45, 7) is 0.504. The Balaban J connectivity index is 1.43. The average Bonchev–Trinajstić information content (AvgIpc) is 2.68. The molecule has 0 radical (unpaired) electrons. The second-order valence-corrected chi connectivity index (χ2v) is 7.18. The largest absolute Gasteiger partial charge is 0.352 e. The molecule has 0 aromatic heterocycles. The minimum absolute atomic E-state index is 0.0110. The minimum atomic E-state index is -0.0180. The quantitative estimate of drug-likeness (QED) is 0.819. The number of rotatable bonds is 5. The maximum atomic E-state index is 12.4. The van der Waals surface area contributed by atoms with Crippen LogP contribution in [0.3, 0.4) is 0 Å². The van der Waals surface area contributed by atoms with Gasteiger partial charge in [-0.2, -0.15) is 0 Å². The highest BCUT2D eigenvalue weighted by Crippen LogP contribution is 2.30. The molecule has 2 N–H and O–H groups in total. The lowest BCUT2D eigenvalue weighted by Crippen LogP contribution is -2.35. The number of hydrogen-bond acceptors (Lipinski definition) is 2. The Bertz CT molecular complexity index is 738. The Morgan fingerprint density at radius 2 is 1.42 bits per heavy atom. The molecule has 1 fully saturated rings. The molecular formula is C21H23ClN2O2. The van der Waals surface area contributed by atoms with Gasteiger partial charge in [0.15, 0.2) is 0 Å². The van der Waals surface area contributed by atoms with Crippen molar-refractivity contribution in [1.29, 1.82) is 0 Å². The van der Waals surface area contributed by atoms with Gasteiger partial charge >= 0.3 is 0 Å². The second-order valence-electron chi connectivity index (χ2n) is 6.75. The van der Waals surface area contributed by atoms with Gasteiger partial charge in [-0.05, 0) is 55.5 Å². The summed E-state index contributed by atoms with van der Waals surface area (Å²) in [7, 11) is 0. The van der Waals surface area contributed by atoms with E-state index in [0.29, 0.717) is 11.6 Å². The van der Waals surface area contributed by atoms with Crippen molar-refractivity contribution in [3.05, 3.63) is 65.2 Å². The summed E-state index contributed by atoms with van der Waals surface area (Å²) in [4.78, 5) is 24.7. The minimum Gasteiger partial charge on any atom is -0.352 e. The fourth-order valence-electron chi connectivity index (χ4n) is 3.32. The van der Waals surface area contributed by atoms with Crippen LogP contribution in [0.4, 0.5) is 5.69 Å². The third kappa shape index (κ3) is 5.09. The molecule has 5 heteroatoms. The topological polar surface area (TPSA) is 58.2 Å². The molecule has 136 valence electrons. The van der Waals surface area contributed by atoms with E-state index in [1.807, 2.05) is 54.6 Å². The summed E-state index contributed by atoms with van der Waals surface area (Å²) >= 11 is 5.87. The van der Waals surface area contributed by atoms with Crippen molar-refractivity contribution in [1.82, 2.24) is 5.32 Å². The van der Waals surface area contributed by atoms with Crippen LogP contribution < -0.4 is 10.6 Å². The maximum Gasteiger partial charge on any atom is 0.227 e. The smallest absolute Gasteiger partial charge is 0.227 e. The van der Waals surface area contributed by atoms with Gasteiger partial charge in [0.1, 0.15) is 0 Å². The van der Waals surface area contributed by atoms with Crippen molar-refractivity contribution in [2.75, 3.05) is 5.32 Å². The van der Waals surface area contributed by atoms with Gasteiger partial charge in [-0.3, -0.25) is 9.59 Å². The van der Waals surface area contributed by atoms with Crippen molar-refractivity contribution in [3.63, 3.8) is 0 Å². The van der Waals surface area contributed by atoms with Crippen LogP contribution in [0.2, 0.25) is 5.02 Å². The Labute approximate surface area is 158 Å². The molecule has 26 heavy (non-hydrogen) atoms. The van der Waals surface area contributed by atoms with Crippen molar-refractivity contribution in [2.45, 2.75) is 32.2 Å². The standard InChI is InChI=1S/C21H23ClN2O2/c22-18-12-6-15(7-13-18)14-23-20(25)16-8-10-17(11-9-16)21(26)24-19-4-2-1-3-5-19/h1-7,12-13,16-17H,8-11,14H2,(H,23,25)(H,24,26). The zero-order chi connectivity index (χ0) is 18.4. The SMILES string of the molecule is O=C(NCc1ccc(Cl)cc1)C1CCC(C(=O)Nc2ccccc2)CC1. The average molecular weight is 371 g/mol. The molecule has 2 aromatic rings. The molecule has 1 aliphatic rings. The first-order chi connectivity index (χ1) is 12.6. The number of carbonyl (C=O) groups is 2. The fraction of sp³-hybridized carbons (Fsp3) is 0.333. The van der Waals surface area contributed by atoms with E-state index < -0.39 is 0 Å². The third-order valence-corrected chi connectivity index (χ3v) is 5.14. The number of anilines is 1. The van der Waals surface area contributed by atoms with Gasteiger partial charge in [0.25, 0.3) is 0 Å². The van der Waals surface area contributed by atoms with Gasteiger partial charge in [-0.15, -0.1) is 0 Å². The van der Waals surface area contributed by atoms with Gasteiger partial charge in [0.2, 0.25) is 11.8 Å². The highest BCUT2D eigenvalue weighted by molar-refractivity contribution is 6.30. The zero-order valence-corrected chi connectivity index (χ0v) is 15.3. The van der Waals surface area contributed by atoms with Crippen LogP contribution in [0.25, 0.3) is 0 Å². The number of nitrogens with one attached hydrogen (secondary N) is 2. The molecular weight excluding hydrogens is 348 g/mol. The molecule has 2 amide bonds. The van der Waals surface area contributed by atoms with Crippen LogP contribution in [0.15, 0.2) is 54.6 Å². The normalized spacial score (nSPS) is 19.6. The van der Waals surface area contributed by atoms with E-state index in [-0.39, 0.29) is 23.7 Å². The Kier molecular flexibility index (Phi) is 6.29. The lowest BCUT2D eigenvalue weighted by molar-refractivity contribution is -0.128. The number of carbonyl (C=O) groups excluding carboxylic acids is 2. The molecule has 0 aliphatic heterocycles. The summed E-state index contributed by atoms with van der Waals surface area (Å²) in [5, 5.41) is 6.63. The first kappa shape index (κ1) is 18.5. The first-order valence-electron chi connectivity index (χ1n) is 9.00.